The zero-order valence-corrected chi connectivity index (χ0v) is 15.1. The third kappa shape index (κ3) is 5.14. The molecule has 0 aliphatic heterocycles. The van der Waals surface area contributed by atoms with Crippen molar-refractivity contribution in [1.82, 2.24) is 0 Å². The van der Waals surface area contributed by atoms with E-state index in [0.29, 0.717) is 6.54 Å². The molecule has 0 unspecified atom stereocenters. The molecule has 2 heteroatoms. The molecule has 1 nitrogen and oxygen atoms in total. The molecule has 0 atom stereocenters. The second kappa shape index (κ2) is 9.14. The van der Waals surface area contributed by atoms with E-state index in [0.717, 1.165) is 22.7 Å². The maximum absolute atomic E-state index is 6.23. The van der Waals surface area contributed by atoms with Crippen molar-refractivity contribution in [2.24, 2.45) is 0 Å². The summed E-state index contributed by atoms with van der Waals surface area (Å²) in [6.45, 7) is 8.66. The van der Waals surface area contributed by atoms with E-state index in [1.54, 1.807) is 0 Å². The minimum Gasteiger partial charge on any atom is -0.381 e. The summed E-state index contributed by atoms with van der Waals surface area (Å²) in [4.78, 5) is 0. The molecular formula is C22H24ClN. The van der Waals surface area contributed by atoms with Gasteiger partial charge in [-0.3, -0.25) is 0 Å². The molecular weight excluding hydrogens is 314 g/mol. The molecule has 24 heavy (non-hydrogen) atoms. The van der Waals surface area contributed by atoms with Gasteiger partial charge in [-0.05, 0) is 55.2 Å². The van der Waals surface area contributed by atoms with E-state index in [4.69, 9.17) is 11.6 Å². The van der Waals surface area contributed by atoms with Gasteiger partial charge in [0, 0.05) is 17.3 Å². The van der Waals surface area contributed by atoms with Crippen LogP contribution in [-0.2, 0) is 13.0 Å². The molecule has 0 radical (unpaired) electrons. The Balaban J connectivity index is 2.20. The van der Waals surface area contributed by atoms with Crippen LogP contribution in [0.1, 0.15) is 30.5 Å². The lowest BCUT2D eigenvalue weighted by molar-refractivity contribution is 1.12. The predicted molar refractivity (Wildman–Crippen MR) is 108 cm³/mol. The molecule has 2 rings (SSSR count). The number of benzene rings is 2. The summed E-state index contributed by atoms with van der Waals surface area (Å²) in [5, 5.41) is 4.26. The monoisotopic (exact) mass is 337 g/mol. The number of anilines is 1. The fraction of sp³-hybridized carbons (Fsp3) is 0.182. The molecule has 0 amide bonds. The molecule has 0 saturated carbocycles. The van der Waals surface area contributed by atoms with Gasteiger partial charge < -0.3 is 5.32 Å². The molecule has 0 spiro atoms. The van der Waals surface area contributed by atoms with Crippen LogP contribution in [0.25, 0.3) is 6.08 Å². The van der Waals surface area contributed by atoms with Gasteiger partial charge in [-0.1, -0.05) is 72.3 Å². The van der Waals surface area contributed by atoms with Gasteiger partial charge in [0.2, 0.25) is 0 Å². The van der Waals surface area contributed by atoms with Crippen LogP contribution in [-0.4, -0.2) is 0 Å². The summed E-state index contributed by atoms with van der Waals surface area (Å²) in [7, 11) is 0. The normalized spacial score (nSPS) is 11.7. The van der Waals surface area contributed by atoms with E-state index in [1.165, 1.54) is 16.7 Å². The van der Waals surface area contributed by atoms with Gasteiger partial charge in [0.25, 0.3) is 0 Å². The van der Waals surface area contributed by atoms with E-state index in [9.17, 15) is 0 Å². The minimum atomic E-state index is 0.712. The maximum Gasteiger partial charge on any atom is 0.0455 e. The van der Waals surface area contributed by atoms with Crippen molar-refractivity contribution in [3.8, 4) is 0 Å². The van der Waals surface area contributed by atoms with Crippen molar-refractivity contribution in [1.29, 1.82) is 0 Å². The highest BCUT2D eigenvalue weighted by atomic mass is 35.5. The molecule has 2 aromatic carbocycles. The Hall–Kier alpha value is -2.25. The van der Waals surface area contributed by atoms with Crippen molar-refractivity contribution in [2.45, 2.75) is 26.8 Å². The van der Waals surface area contributed by atoms with Crippen LogP contribution in [0.15, 0.2) is 72.8 Å². The van der Waals surface area contributed by atoms with Crippen LogP contribution in [0, 0.1) is 0 Å². The second-order valence-corrected chi connectivity index (χ2v) is 6.19. The van der Waals surface area contributed by atoms with E-state index < -0.39 is 0 Å². The van der Waals surface area contributed by atoms with Crippen molar-refractivity contribution < 1.29 is 0 Å². The molecule has 0 aromatic heterocycles. The second-order valence-electron chi connectivity index (χ2n) is 5.78. The summed E-state index contributed by atoms with van der Waals surface area (Å²) in [6.07, 6.45) is 9.03. The highest BCUT2D eigenvalue weighted by molar-refractivity contribution is 6.31. The molecule has 0 bridgehead atoms. The quantitative estimate of drug-likeness (QED) is 0.557. The minimum absolute atomic E-state index is 0.712. The Morgan fingerprint density at radius 1 is 1.17 bits per heavy atom. The average Bonchev–Trinajstić information content (AvgIpc) is 2.56. The molecule has 124 valence electrons. The number of allylic oxidation sites excluding steroid dienone is 4. The lowest BCUT2D eigenvalue weighted by atomic mass is 9.99. The number of hydrogen-bond acceptors (Lipinski definition) is 1. The molecule has 0 aliphatic rings. The zero-order valence-electron chi connectivity index (χ0n) is 14.4. The van der Waals surface area contributed by atoms with Gasteiger partial charge in [0.05, 0.1) is 0 Å². The molecule has 0 fully saturated rings. The van der Waals surface area contributed by atoms with Crippen LogP contribution < -0.4 is 5.32 Å². The van der Waals surface area contributed by atoms with Crippen LogP contribution in [0.4, 0.5) is 5.69 Å². The van der Waals surface area contributed by atoms with Crippen LogP contribution in [0.5, 0.6) is 0 Å². The molecule has 2 aromatic rings. The molecule has 0 heterocycles. The van der Waals surface area contributed by atoms with Crippen LogP contribution in [0.2, 0.25) is 5.02 Å². The first-order valence-corrected chi connectivity index (χ1v) is 8.53. The Bertz CT molecular complexity index is 756. The molecule has 1 N–H and O–H groups in total. The lowest BCUT2D eigenvalue weighted by Crippen LogP contribution is -2.01. The summed E-state index contributed by atoms with van der Waals surface area (Å²) in [5.74, 6) is 0. The first kappa shape index (κ1) is 18.1. The van der Waals surface area contributed by atoms with Crippen molar-refractivity contribution in [2.75, 3.05) is 5.32 Å². The summed E-state index contributed by atoms with van der Waals surface area (Å²) in [6, 6.07) is 14.4. The standard InChI is InChI=1S/C22H24ClN/c1-4-8-17(3)14-20-15-21(13-12-18(20)9-5-2)24-16-19-10-6-7-11-22(19)23/h4-13,15,24H,1,14,16H2,2-3H3/b9-5+,17-8+. The number of nitrogens with one attached hydrogen (secondary N) is 1. The SMILES string of the molecule is C=C/C=C(\C)Cc1cc(NCc2ccccc2Cl)ccc1/C=C/C. The Morgan fingerprint density at radius 3 is 2.67 bits per heavy atom. The maximum atomic E-state index is 6.23. The third-order valence-electron chi connectivity index (χ3n) is 3.80. The first-order valence-electron chi connectivity index (χ1n) is 8.15. The predicted octanol–water partition coefficient (Wildman–Crippen LogP) is 6.66. The summed E-state index contributed by atoms with van der Waals surface area (Å²) < 4.78 is 0. The smallest absolute Gasteiger partial charge is 0.0455 e. The zero-order chi connectivity index (χ0) is 17.4. The van der Waals surface area contributed by atoms with E-state index in [2.05, 4.69) is 55.2 Å². The fourth-order valence-electron chi connectivity index (χ4n) is 2.61. The van der Waals surface area contributed by atoms with E-state index in [-0.39, 0.29) is 0 Å². The largest absolute Gasteiger partial charge is 0.381 e. The van der Waals surface area contributed by atoms with Crippen molar-refractivity contribution in [3.63, 3.8) is 0 Å². The summed E-state index contributed by atoms with van der Waals surface area (Å²) in [5.41, 5.74) is 6.04. The molecule has 0 aliphatic carbocycles. The van der Waals surface area contributed by atoms with Crippen LogP contribution >= 0.6 is 11.6 Å². The van der Waals surface area contributed by atoms with Gasteiger partial charge >= 0.3 is 0 Å². The first-order chi connectivity index (χ1) is 11.6. The Morgan fingerprint density at radius 2 is 1.96 bits per heavy atom. The third-order valence-corrected chi connectivity index (χ3v) is 4.17. The van der Waals surface area contributed by atoms with E-state index in [1.807, 2.05) is 37.3 Å². The van der Waals surface area contributed by atoms with Gasteiger partial charge in [0.15, 0.2) is 0 Å². The van der Waals surface area contributed by atoms with Crippen molar-refractivity contribution in [3.05, 3.63) is 94.6 Å². The highest BCUT2D eigenvalue weighted by Crippen LogP contribution is 2.22. The average molecular weight is 338 g/mol. The number of rotatable bonds is 7. The van der Waals surface area contributed by atoms with Gasteiger partial charge in [-0.15, -0.1) is 0 Å². The Kier molecular flexibility index (Phi) is 6.89. The number of hydrogen-bond donors (Lipinski definition) is 1. The topological polar surface area (TPSA) is 12.0 Å². The fourth-order valence-corrected chi connectivity index (χ4v) is 2.81. The van der Waals surface area contributed by atoms with E-state index >= 15 is 0 Å². The highest BCUT2D eigenvalue weighted by Gasteiger charge is 2.04. The van der Waals surface area contributed by atoms with Gasteiger partial charge in [-0.2, -0.15) is 0 Å². The number of halogens is 1. The van der Waals surface area contributed by atoms with Gasteiger partial charge in [-0.25, -0.2) is 0 Å². The molecule has 0 saturated heterocycles. The van der Waals surface area contributed by atoms with Gasteiger partial charge in [0.1, 0.15) is 0 Å². The Labute approximate surface area is 150 Å². The lowest BCUT2D eigenvalue weighted by Gasteiger charge is -2.12. The van der Waals surface area contributed by atoms with Crippen molar-refractivity contribution >= 4 is 23.4 Å². The van der Waals surface area contributed by atoms with Crippen LogP contribution in [0.3, 0.4) is 0 Å². The summed E-state index contributed by atoms with van der Waals surface area (Å²) >= 11 is 6.23.